The fourth-order valence-corrected chi connectivity index (χ4v) is 3.52. The summed E-state index contributed by atoms with van der Waals surface area (Å²) in [6, 6.07) is 6.85. The second-order valence-corrected chi connectivity index (χ2v) is 7.52. The molecule has 0 N–H and O–H groups in total. The number of carbonyl (C=O) groups excluding carboxylic acids is 1. The van der Waals surface area contributed by atoms with Gasteiger partial charge in [-0.1, -0.05) is 68.5 Å². The summed E-state index contributed by atoms with van der Waals surface area (Å²) in [7, 11) is 0.869. The van der Waals surface area contributed by atoms with Crippen LogP contribution in [0, 0.1) is 12.3 Å². The molecule has 172 valence electrons. The van der Waals surface area contributed by atoms with Gasteiger partial charge in [0, 0.05) is 25.5 Å². The van der Waals surface area contributed by atoms with Crippen LogP contribution in [0.3, 0.4) is 0 Å². The molecule has 1 aromatic rings. The van der Waals surface area contributed by atoms with Crippen LogP contribution in [-0.4, -0.2) is 25.4 Å². The third-order valence-corrected chi connectivity index (χ3v) is 5.22. The van der Waals surface area contributed by atoms with E-state index in [0.29, 0.717) is 6.42 Å². The summed E-state index contributed by atoms with van der Waals surface area (Å²) in [4.78, 5) is 12.8. The van der Waals surface area contributed by atoms with Gasteiger partial charge in [-0.25, -0.2) is 4.79 Å². The first-order chi connectivity index (χ1) is 14.8. The molecule has 1 aromatic carbocycles. The lowest BCUT2D eigenvalue weighted by atomic mass is 9.92. The first-order valence-electron chi connectivity index (χ1n) is 10.8. The lowest BCUT2D eigenvalue weighted by molar-refractivity contribution is -0.278. The van der Waals surface area contributed by atoms with Gasteiger partial charge in [0.1, 0.15) is 6.10 Å². The standard InChI is InChI=1S/C25H33F3O3/c1-4-6-7-8-9-10-11-12-16-20-22(17-5-2)31-23(29)24(30-3,25(26,27)28)21-18-14-13-15-19-21/h1,5,13-15,18-19,22H,2,6-12,16-17,20H2,3H3/t22-,24-/m0/s1. The van der Waals surface area contributed by atoms with Gasteiger partial charge in [0.05, 0.1) is 0 Å². The maximum absolute atomic E-state index is 14.0. The molecule has 0 saturated carbocycles. The maximum Gasteiger partial charge on any atom is 0.432 e. The number of alkyl halides is 3. The van der Waals surface area contributed by atoms with Crippen molar-refractivity contribution in [2.45, 2.75) is 82.1 Å². The Labute approximate surface area is 184 Å². The zero-order valence-electron chi connectivity index (χ0n) is 18.3. The molecule has 6 heteroatoms. The number of carbonyl (C=O) groups is 1. The summed E-state index contributed by atoms with van der Waals surface area (Å²) in [5.74, 6) is 1.17. The molecule has 0 unspecified atom stereocenters. The molecule has 0 heterocycles. The van der Waals surface area contributed by atoms with Crippen molar-refractivity contribution in [3.05, 3.63) is 48.6 Å². The molecule has 0 spiro atoms. The van der Waals surface area contributed by atoms with Crippen LogP contribution in [0.15, 0.2) is 43.0 Å². The predicted molar refractivity (Wildman–Crippen MR) is 116 cm³/mol. The average Bonchev–Trinajstić information content (AvgIpc) is 2.73. The van der Waals surface area contributed by atoms with Crippen LogP contribution in [0.4, 0.5) is 13.2 Å². The molecule has 0 radical (unpaired) electrons. The van der Waals surface area contributed by atoms with E-state index in [2.05, 4.69) is 12.5 Å². The number of unbranched alkanes of at least 4 members (excludes halogenated alkanes) is 7. The minimum atomic E-state index is -4.97. The third-order valence-electron chi connectivity index (χ3n) is 5.22. The van der Waals surface area contributed by atoms with E-state index in [9.17, 15) is 18.0 Å². The van der Waals surface area contributed by atoms with Gasteiger partial charge in [-0.15, -0.1) is 18.9 Å². The van der Waals surface area contributed by atoms with Crippen molar-refractivity contribution in [2.24, 2.45) is 0 Å². The summed E-state index contributed by atoms with van der Waals surface area (Å²) in [5, 5.41) is 0. The van der Waals surface area contributed by atoms with E-state index < -0.39 is 23.9 Å². The molecule has 0 aliphatic heterocycles. The Morgan fingerprint density at radius 3 is 2.19 bits per heavy atom. The number of methoxy groups -OCH3 is 1. The number of esters is 1. The molecular formula is C25H33F3O3. The predicted octanol–water partition coefficient (Wildman–Crippen LogP) is 6.72. The highest BCUT2D eigenvalue weighted by atomic mass is 19.4. The fraction of sp³-hybridized carbons (Fsp3) is 0.560. The molecule has 1 rings (SSSR count). The second-order valence-electron chi connectivity index (χ2n) is 7.52. The summed E-state index contributed by atoms with van der Waals surface area (Å²) in [5.41, 5.74) is -3.47. The van der Waals surface area contributed by atoms with Crippen molar-refractivity contribution in [1.82, 2.24) is 0 Å². The maximum atomic E-state index is 14.0. The lowest BCUT2D eigenvalue weighted by Crippen LogP contribution is -2.52. The molecule has 0 fully saturated rings. The van der Waals surface area contributed by atoms with Gasteiger partial charge in [-0.2, -0.15) is 13.2 Å². The third kappa shape index (κ3) is 8.06. The van der Waals surface area contributed by atoms with E-state index in [1.807, 2.05) is 0 Å². The van der Waals surface area contributed by atoms with Gasteiger partial charge in [-0.3, -0.25) is 0 Å². The molecule has 3 nitrogen and oxygen atoms in total. The van der Waals surface area contributed by atoms with E-state index in [1.165, 1.54) is 24.3 Å². The molecule has 2 atom stereocenters. The lowest BCUT2D eigenvalue weighted by Gasteiger charge is -2.33. The van der Waals surface area contributed by atoms with Crippen molar-refractivity contribution >= 4 is 5.97 Å². The zero-order chi connectivity index (χ0) is 23.2. The van der Waals surface area contributed by atoms with E-state index in [0.717, 1.165) is 58.5 Å². The molecular weight excluding hydrogens is 405 g/mol. The monoisotopic (exact) mass is 438 g/mol. The number of hydrogen-bond acceptors (Lipinski definition) is 3. The molecule has 0 aliphatic rings. The van der Waals surface area contributed by atoms with E-state index in [-0.39, 0.29) is 12.0 Å². The number of ether oxygens (including phenoxy) is 2. The van der Waals surface area contributed by atoms with Crippen molar-refractivity contribution in [1.29, 1.82) is 0 Å². The molecule has 0 bridgehead atoms. The Balaban J connectivity index is 2.70. The Hall–Kier alpha value is -2.26. The zero-order valence-corrected chi connectivity index (χ0v) is 18.3. The average molecular weight is 439 g/mol. The number of hydrogen-bond donors (Lipinski definition) is 0. The Morgan fingerprint density at radius 2 is 1.68 bits per heavy atom. The van der Waals surface area contributed by atoms with Crippen molar-refractivity contribution < 1.29 is 27.4 Å². The second kappa shape index (κ2) is 13.9. The number of terminal acetylenes is 1. The minimum Gasteiger partial charge on any atom is -0.459 e. The SMILES string of the molecule is C#CCCCCCCCCC[C@H](CC=C)OC(=O)[C@@](OC)(c1ccccc1)C(F)(F)F. The van der Waals surface area contributed by atoms with Crippen LogP contribution in [0.2, 0.25) is 0 Å². The molecule has 31 heavy (non-hydrogen) atoms. The van der Waals surface area contributed by atoms with Crippen molar-refractivity contribution in [3.8, 4) is 12.3 Å². The van der Waals surface area contributed by atoms with Crippen LogP contribution >= 0.6 is 0 Å². The summed E-state index contributed by atoms with van der Waals surface area (Å²) in [6.07, 6.45) is 9.74. The van der Waals surface area contributed by atoms with Crippen LogP contribution < -0.4 is 0 Å². The molecule has 0 aliphatic carbocycles. The highest BCUT2D eigenvalue weighted by Crippen LogP contribution is 2.43. The van der Waals surface area contributed by atoms with Crippen molar-refractivity contribution in [3.63, 3.8) is 0 Å². The smallest absolute Gasteiger partial charge is 0.432 e. The summed E-state index contributed by atoms with van der Waals surface area (Å²) < 4.78 is 52.1. The van der Waals surface area contributed by atoms with E-state index >= 15 is 0 Å². The van der Waals surface area contributed by atoms with E-state index in [4.69, 9.17) is 15.9 Å². The van der Waals surface area contributed by atoms with Crippen LogP contribution in [0.5, 0.6) is 0 Å². The normalized spacial score (nSPS) is 14.3. The molecule has 0 saturated heterocycles. The Bertz CT molecular complexity index is 694. The van der Waals surface area contributed by atoms with Crippen LogP contribution in [-0.2, 0) is 19.9 Å². The largest absolute Gasteiger partial charge is 0.459 e. The Morgan fingerprint density at radius 1 is 1.10 bits per heavy atom. The van der Waals surface area contributed by atoms with Gasteiger partial charge in [0.15, 0.2) is 0 Å². The Kier molecular flexibility index (Phi) is 12.0. The van der Waals surface area contributed by atoms with Gasteiger partial charge in [0.25, 0.3) is 5.60 Å². The summed E-state index contributed by atoms with van der Waals surface area (Å²) >= 11 is 0. The fourth-order valence-electron chi connectivity index (χ4n) is 3.52. The molecule has 0 amide bonds. The highest BCUT2D eigenvalue weighted by molar-refractivity contribution is 5.82. The molecule has 0 aromatic heterocycles. The first-order valence-corrected chi connectivity index (χ1v) is 10.8. The van der Waals surface area contributed by atoms with Gasteiger partial charge >= 0.3 is 12.1 Å². The number of halogens is 3. The number of benzene rings is 1. The highest BCUT2D eigenvalue weighted by Gasteiger charge is 2.64. The van der Waals surface area contributed by atoms with Gasteiger partial charge in [-0.05, 0) is 19.3 Å². The first kappa shape index (κ1) is 26.8. The number of rotatable bonds is 15. The van der Waals surface area contributed by atoms with Crippen LogP contribution in [0.1, 0.15) is 69.8 Å². The minimum absolute atomic E-state index is 0.282. The van der Waals surface area contributed by atoms with Gasteiger partial charge < -0.3 is 9.47 Å². The van der Waals surface area contributed by atoms with E-state index in [1.54, 1.807) is 12.1 Å². The topological polar surface area (TPSA) is 35.5 Å². The van der Waals surface area contributed by atoms with Crippen molar-refractivity contribution in [2.75, 3.05) is 7.11 Å². The summed E-state index contributed by atoms with van der Waals surface area (Å²) in [6.45, 7) is 3.63. The van der Waals surface area contributed by atoms with Crippen LogP contribution in [0.25, 0.3) is 0 Å². The van der Waals surface area contributed by atoms with Gasteiger partial charge in [0.2, 0.25) is 0 Å². The quantitative estimate of drug-likeness (QED) is 0.132.